The topological polar surface area (TPSA) is 20.2 Å². The standard InChI is InChI=1S/C19H16O/c20-13-7-1-2-12-19-17-10-5-3-8-15(17)14-16-9-4-6-11-18(16)19/h1-12,14,20H,13H2/b7-1+,12-2+. The molecule has 0 fully saturated rings. The van der Waals surface area contributed by atoms with E-state index in [2.05, 4.69) is 60.7 Å². The van der Waals surface area contributed by atoms with Gasteiger partial charge in [0.15, 0.2) is 0 Å². The van der Waals surface area contributed by atoms with Crippen LogP contribution in [0.1, 0.15) is 5.56 Å². The highest BCUT2D eigenvalue weighted by molar-refractivity contribution is 6.06. The van der Waals surface area contributed by atoms with E-state index in [0.29, 0.717) is 0 Å². The second kappa shape index (κ2) is 5.72. The van der Waals surface area contributed by atoms with Gasteiger partial charge in [-0.1, -0.05) is 72.8 Å². The first-order valence-electron chi connectivity index (χ1n) is 6.75. The molecule has 0 heterocycles. The summed E-state index contributed by atoms with van der Waals surface area (Å²) >= 11 is 0. The largest absolute Gasteiger partial charge is 0.392 e. The third-order valence-electron chi connectivity index (χ3n) is 3.43. The van der Waals surface area contributed by atoms with Crippen LogP contribution in [-0.2, 0) is 0 Å². The van der Waals surface area contributed by atoms with Gasteiger partial charge in [-0.25, -0.2) is 0 Å². The molecule has 0 unspecified atom stereocenters. The quantitative estimate of drug-likeness (QED) is 0.541. The lowest BCUT2D eigenvalue weighted by molar-refractivity contribution is 0.343. The Morgan fingerprint density at radius 3 is 2.00 bits per heavy atom. The number of hydrogen-bond acceptors (Lipinski definition) is 1. The molecule has 20 heavy (non-hydrogen) atoms. The van der Waals surface area contributed by atoms with Crippen molar-refractivity contribution in [1.82, 2.24) is 0 Å². The molecule has 0 aromatic heterocycles. The minimum atomic E-state index is 0.0701. The summed E-state index contributed by atoms with van der Waals surface area (Å²) in [6, 6.07) is 19.1. The second-order valence-corrected chi connectivity index (χ2v) is 4.70. The van der Waals surface area contributed by atoms with Crippen molar-refractivity contribution in [2.45, 2.75) is 0 Å². The number of rotatable bonds is 3. The maximum atomic E-state index is 8.79. The highest BCUT2D eigenvalue weighted by atomic mass is 16.2. The summed E-state index contributed by atoms with van der Waals surface area (Å²) < 4.78 is 0. The van der Waals surface area contributed by atoms with Crippen LogP contribution < -0.4 is 0 Å². The number of benzene rings is 3. The van der Waals surface area contributed by atoms with Gasteiger partial charge in [0.1, 0.15) is 0 Å². The average molecular weight is 260 g/mol. The Morgan fingerprint density at radius 1 is 0.800 bits per heavy atom. The molecule has 0 aliphatic carbocycles. The number of hydrogen-bond donors (Lipinski definition) is 1. The molecule has 0 amide bonds. The summed E-state index contributed by atoms with van der Waals surface area (Å²) in [7, 11) is 0. The van der Waals surface area contributed by atoms with Crippen molar-refractivity contribution in [3.05, 3.63) is 78.4 Å². The van der Waals surface area contributed by atoms with Crippen molar-refractivity contribution >= 4 is 27.6 Å². The fourth-order valence-corrected chi connectivity index (χ4v) is 2.52. The molecule has 0 spiro atoms. The van der Waals surface area contributed by atoms with Crippen LogP contribution in [0.4, 0.5) is 0 Å². The van der Waals surface area contributed by atoms with Gasteiger partial charge < -0.3 is 5.11 Å². The zero-order chi connectivity index (χ0) is 13.8. The van der Waals surface area contributed by atoms with E-state index in [0.717, 1.165) is 0 Å². The Balaban J connectivity index is 2.28. The Labute approximate surface area is 118 Å². The van der Waals surface area contributed by atoms with Gasteiger partial charge in [0, 0.05) is 0 Å². The first-order chi connectivity index (χ1) is 9.90. The molecule has 3 aromatic rings. The van der Waals surface area contributed by atoms with Crippen LogP contribution in [0.25, 0.3) is 27.6 Å². The van der Waals surface area contributed by atoms with E-state index in [1.54, 1.807) is 6.08 Å². The fourth-order valence-electron chi connectivity index (χ4n) is 2.52. The molecular weight excluding hydrogens is 244 g/mol. The Kier molecular flexibility index (Phi) is 3.62. The predicted octanol–water partition coefficient (Wildman–Crippen LogP) is 4.55. The summed E-state index contributed by atoms with van der Waals surface area (Å²) in [6.45, 7) is 0.0701. The average Bonchev–Trinajstić information content (AvgIpc) is 2.50. The molecule has 0 aliphatic rings. The maximum absolute atomic E-state index is 8.79. The van der Waals surface area contributed by atoms with Crippen molar-refractivity contribution < 1.29 is 5.11 Å². The molecule has 3 aromatic carbocycles. The molecule has 0 aliphatic heterocycles. The minimum absolute atomic E-state index is 0.0701. The van der Waals surface area contributed by atoms with Crippen LogP contribution in [-0.4, -0.2) is 11.7 Å². The third-order valence-corrected chi connectivity index (χ3v) is 3.43. The van der Waals surface area contributed by atoms with Crippen molar-refractivity contribution in [1.29, 1.82) is 0 Å². The summed E-state index contributed by atoms with van der Waals surface area (Å²) in [5, 5.41) is 13.8. The molecule has 0 bridgehead atoms. The smallest absolute Gasteiger partial charge is 0.0615 e. The van der Waals surface area contributed by atoms with Crippen LogP contribution >= 0.6 is 0 Å². The molecule has 1 N–H and O–H groups in total. The van der Waals surface area contributed by atoms with Crippen molar-refractivity contribution in [2.24, 2.45) is 0 Å². The first kappa shape index (κ1) is 12.6. The van der Waals surface area contributed by atoms with E-state index in [1.165, 1.54) is 27.1 Å². The molecule has 0 saturated carbocycles. The lowest BCUT2D eigenvalue weighted by Crippen LogP contribution is -1.82. The van der Waals surface area contributed by atoms with Gasteiger partial charge in [0.05, 0.1) is 6.61 Å². The summed E-state index contributed by atoms with van der Waals surface area (Å²) in [4.78, 5) is 0. The van der Waals surface area contributed by atoms with Gasteiger partial charge in [0.2, 0.25) is 0 Å². The van der Waals surface area contributed by atoms with Crippen LogP contribution in [0.2, 0.25) is 0 Å². The molecule has 1 heteroatoms. The van der Waals surface area contributed by atoms with E-state index in [1.807, 2.05) is 12.2 Å². The lowest BCUT2D eigenvalue weighted by Gasteiger charge is -2.08. The first-order valence-corrected chi connectivity index (χ1v) is 6.75. The van der Waals surface area contributed by atoms with Crippen LogP contribution in [0.5, 0.6) is 0 Å². The van der Waals surface area contributed by atoms with E-state index < -0.39 is 0 Å². The SMILES string of the molecule is OC/C=C/C=C/c1c2ccccc2cc2ccccc12. The number of aliphatic hydroxyl groups excluding tert-OH is 1. The van der Waals surface area contributed by atoms with Crippen LogP contribution in [0.3, 0.4) is 0 Å². The van der Waals surface area contributed by atoms with Gasteiger partial charge >= 0.3 is 0 Å². The van der Waals surface area contributed by atoms with E-state index in [4.69, 9.17) is 5.11 Å². The normalized spacial score (nSPS) is 12.1. The van der Waals surface area contributed by atoms with E-state index >= 15 is 0 Å². The number of aliphatic hydroxyl groups is 1. The molecule has 3 rings (SSSR count). The van der Waals surface area contributed by atoms with Gasteiger partial charge in [-0.15, -0.1) is 0 Å². The van der Waals surface area contributed by atoms with E-state index in [9.17, 15) is 0 Å². The maximum Gasteiger partial charge on any atom is 0.0615 e. The second-order valence-electron chi connectivity index (χ2n) is 4.70. The van der Waals surface area contributed by atoms with Gasteiger partial charge in [0.25, 0.3) is 0 Å². The highest BCUT2D eigenvalue weighted by Gasteiger charge is 2.03. The third kappa shape index (κ3) is 2.36. The molecule has 98 valence electrons. The van der Waals surface area contributed by atoms with E-state index in [-0.39, 0.29) is 6.61 Å². The van der Waals surface area contributed by atoms with Crippen molar-refractivity contribution in [3.8, 4) is 0 Å². The Hall–Kier alpha value is -2.38. The monoisotopic (exact) mass is 260 g/mol. The predicted molar refractivity (Wildman–Crippen MR) is 86.7 cm³/mol. The lowest BCUT2D eigenvalue weighted by atomic mass is 9.96. The molecule has 0 radical (unpaired) electrons. The minimum Gasteiger partial charge on any atom is -0.392 e. The fraction of sp³-hybridized carbons (Fsp3) is 0.0526. The number of allylic oxidation sites excluding steroid dienone is 2. The number of fused-ring (bicyclic) bond motifs is 2. The van der Waals surface area contributed by atoms with Crippen LogP contribution in [0.15, 0.2) is 72.8 Å². The summed E-state index contributed by atoms with van der Waals surface area (Å²) in [5.74, 6) is 0. The van der Waals surface area contributed by atoms with Gasteiger partial charge in [-0.05, 0) is 33.2 Å². The van der Waals surface area contributed by atoms with Crippen LogP contribution in [0, 0.1) is 0 Å². The molecule has 0 saturated heterocycles. The van der Waals surface area contributed by atoms with Crippen molar-refractivity contribution in [2.75, 3.05) is 6.61 Å². The zero-order valence-corrected chi connectivity index (χ0v) is 11.2. The van der Waals surface area contributed by atoms with Gasteiger partial charge in [-0.3, -0.25) is 0 Å². The summed E-state index contributed by atoms with van der Waals surface area (Å²) in [5.41, 5.74) is 1.22. The Morgan fingerprint density at radius 2 is 1.40 bits per heavy atom. The molecule has 1 nitrogen and oxygen atoms in total. The zero-order valence-electron chi connectivity index (χ0n) is 11.2. The Bertz CT molecular complexity index is 743. The highest BCUT2D eigenvalue weighted by Crippen LogP contribution is 2.29. The molecule has 0 atom stereocenters. The van der Waals surface area contributed by atoms with Crippen molar-refractivity contribution in [3.63, 3.8) is 0 Å². The molecular formula is C19H16O. The summed E-state index contributed by atoms with van der Waals surface area (Å²) in [6.07, 6.45) is 7.68. The van der Waals surface area contributed by atoms with Gasteiger partial charge in [-0.2, -0.15) is 0 Å².